The number of hydrogen-bond acceptors (Lipinski definition) is 2. The molecule has 0 radical (unpaired) electrons. The van der Waals surface area contributed by atoms with E-state index in [-0.39, 0.29) is 5.97 Å². The molecule has 19 heavy (non-hydrogen) atoms. The first-order valence-corrected chi connectivity index (χ1v) is 6.82. The molecule has 1 rings (SSSR count). The van der Waals surface area contributed by atoms with E-state index in [9.17, 15) is 4.79 Å². The Hall–Kier alpha value is -1.57. The van der Waals surface area contributed by atoms with Crippen LogP contribution in [0.2, 0.25) is 0 Å². The molecule has 2 nitrogen and oxygen atoms in total. The molecular formula is C17H24O2. The summed E-state index contributed by atoms with van der Waals surface area (Å²) in [5, 5.41) is 0. The molecule has 0 fully saturated rings. The van der Waals surface area contributed by atoms with E-state index >= 15 is 0 Å². The molecule has 1 aromatic rings. The first kappa shape index (κ1) is 15.5. The minimum absolute atomic E-state index is 0.210. The normalized spacial score (nSPS) is 13.9. The molecule has 1 atom stereocenters. The maximum Gasteiger partial charge on any atom is 0.315 e. The van der Waals surface area contributed by atoms with E-state index in [4.69, 9.17) is 4.74 Å². The van der Waals surface area contributed by atoms with Gasteiger partial charge in [-0.1, -0.05) is 44.2 Å². The zero-order chi connectivity index (χ0) is 14.5. The second-order valence-corrected chi connectivity index (χ2v) is 5.42. The largest absolute Gasteiger partial charge is 0.465 e. The summed E-state index contributed by atoms with van der Waals surface area (Å²) in [4.78, 5) is 12.0. The van der Waals surface area contributed by atoms with E-state index < -0.39 is 5.41 Å². The highest BCUT2D eigenvalue weighted by Gasteiger charge is 2.31. The molecule has 0 aromatic heterocycles. The van der Waals surface area contributed by atoms with Gasteiger partial charge in [-0.3, -0.25) is 4.79 Å². The van der Waals surface area contributed by atoms with E-state index in [1.54, 1.807) is 6.08 Å². The molecular weight excluding hydrogens is 236 g/mol. The van der Waals surface area contributed by atoms with Crippen LogP contribution in [0.1, 0.15) is 44.7 Å². The Labute approximate surface area is 116 Å². The van der Waals surface area contributed by atoms with Crippen molar-refractivity contribution in [1.29, 1.82) is 0 Å². The number of carbonyl (C=O) groups excluding carboxylic acids is 1. The Morgan fingerprint density at radius 1 is 1.37 bits per heavy atom. The van der Waals surface area contributed by atoms with E-state index in [1.807, 2.05) is 13.8 Å². The van der Waals surface area contributed by atoms with Crippen LogP contribution in [0.4, 0.5) is 0 Å². The van der Waals surface area contributed by atoms with Crippen molar-refractivity contribution in [2.45, 2.75) is 40.0 Å². The minimum atomic E-state index is -0.657. The van der Waals surface area contributed by atoms with Gasteiger partial charge >= 0.3 is 5.97 Å². The van der Waals surface area contributed by atoms with E-state index in [2.05, 4.69) is 44.7 Å². The molecule has 0 spiro atoms. The Bertz CT molecular complexity index is 431. The van der Waals surface area contributed by atoms with Crippen molar-refractivity contribution in [2.75, 3.05) is 6.61 Å². The third kappa shape index (κ3) is 3.95. The van der Waals surface area contributed by atoms with Crippen LogP contribution in [0, 0.1) is 5.41 Å². The van der Waals surface area contributed by atoms with Gasteiger partial charge in [0.25, 0.3) is 0 Å². The number of carbonyl (C=O) groups is 1. The van der Waals surface area contributed by atoms with E-state index in [1.165, 1.54) is 5.56 Å². The van der Waals surface area contributed by atoms with Gasteiger partial charge in [-0.25, -0.2) is 0 Å². The van der Waals surface area contributed by atoms with Gasteiger partial charge in [0.2, 0.25) is 0 Å². The number of hydrogen-bond donors (Lipinski definition) is 0. The molecule has 0 aliphatic heterocycles. The fourth-order valence-corrected chi connectivity index (χ4v) is 1.97. The van der Waals surface area contributed by atoms with Gasteiger partial charge in [0, 0.05) is 0 Å². The molecule has 104 valence electrons. The Balaban J connectivity index is 2.86. The fraction of sp³-hybridized carbons (Fsp3) is 0.471. The Kier molecular flexibility index (Phi) is 5.34. The zero-order valence-electron chi connectivity index (χ0n) is 12.4. The summed E-state index contributed by atoms with van der Waals surface area (Å²) < 4.78 is 5.12. The maximum absolute atomic E-state index is 12.0. The summed E-state index contributed by atoms with van der Waals surface area (Å²) in [6.07, 6.45) is 2.30. The van der Waals surface area contributed by atoms with Gasteiger partial charge in [0.05, 0.1) is 12.0 Å². The van der Waals surface area contributed by atoms with Crippen LogP contribution < -0.4 is 0 Å². The molecule has 0 N–H and O–H groups in total. The van der Waals surface area contributed by atoms with E-state index in [0.717, 1.165) is 5.56 Å². The van der Waals surface area contributed by atoms with Crippen LogP contribution in [0.15, 0.2) is 36.9 Å². The van der Waals surface area contributed by atoms with Crippen molar-refractivity contribution >= 4 is 5.97 Å². The van der Waals surface area contributed by atoms with Crippen LogP contribution in [0.3, 0.4) is 0 Å². The highest BCUT2D eigenvalue weighted by atomic mass is 16.5. The molecule has 0 heterocycles. The predicted molar refractivity (Wildman–Crippen MR) is 79.2 cm³/mol. The zero-order valence-corrected chi connectivity index (χ0v) is 12.4. The standard InChI is InChI=1S/C17H24O2/c1-6-17(5,16(18)19-7-2)12-14-8-10-15(11-9-14)13(3)4/h6,8-11,13H,1,7,12H2,2-5H3. The third-order valence-corrected chi connectivity index (χ3v) is 3.41. The molecule has 1 aromatic carbocycles. The molecule has 1 unspecified atom stereocenters. The SMILES string of the molecule is C=CC(C)(Cc1ccc(C(C)C)cc1)C(=O)OCC. The number of ether oxygens (including phenoxy) is 1. The van der Waals surface area contributed by atoms with Crippen LogP contribution in [0.5, 0.6) is 0 Å². The monoisotopic (exact) mass is 260 g/mol. The quantitative estimate of drug-likeness (QED) is 0.568. The lowest BCUT2D eigenvalue weighted by Gasteiger charge is -2.23. The van der Waals surface area contributed by atoms with Gasteiger partial charge in [0.15, 0.2) is 0 Å². The second kappa shape index (κ2) is 6.55. The molecule has 0 amide bonds. The van der Waals surface area contributed by atoms with Crippen molar-refractivity contribution < 1.29 is 9.53 Å². The van der Waals surface area contributed by atoms with Crippen LogP contribution >= 0.6 is 0 Å². The summed E-state index contributed by atoms with van der Waals surface area (Å²) in [6.45, 7) is 12.2. The number of rotatable bonds is 6. The predicted octanol–water partition coefficient (Wildman–Crippen LogP) is 4.11. The third-order valence-electron chi connectivity index (χ3n) is 3.41. The minimum Gasteiger partial charge on any atom is -0.465 e. The summed E-state index contributed by atoms with van der Waals surface area (Å²) in [6, 6.07) is 8.40. The van der Waals surface area contributed by atoms with Crippen molar-refractivity contribution in [3.8, 4) is 0 Å². The average molecular weight is 260 g/mol. The summed E-state index contributed by atoms with van der Waals surface area (Å²) in [7, 11) is 0. The topological polar surface area (TPSA) is 26.3 Å². The molecule has 0 bridgehead atoms. The van der Waals surface area contributed by atoms with Crippen molar-refractivity contribution in [3.63, 3.8) is 0 Å². The summed E-state index contributed by atoms with van der Waals surface area (Å²) >= 11 is 0. The Morgan fingerprint density at radius 2 is 1.95 bits per heavy atom. The molecule has 0 aliphatic rings. The number of esters is 1. The van der Waals surface area contributed by atoms with Crippen molar-refractivity contribution in [1.82, 2.24) is 0 Å². The van der Waals surface area contributed by atoms with Gasteiger partial charge in [0.1, 0.15) is 0 Å². The lowest BCUT2D eigenvalue weighted by molar-refractivity contribution is -0.151. The van der Waals surface area contributed by atoms with E-state index in [0.29, 0.717) is 18.9 Å². The first-order valence-electron chi connectivity index (χ1n) is 6.82. The second-order valence-electron chi connectivity index (χ2n) is 5.42. The highest BCUT2D eigenvalue weighted by Crippen LogP contribution is 2.26. The molecule has 0 saturated heterocycles. The molecule has 2 heteroatoms. The lowest BCUT2D eigenvalue weighted by Crippen LogP contribution is -2.30. The highest BCUT2D eigenvalue weighted by molar-refractivity contribution is 5.79. The lowest BCUT2D eigenvalue weighted by atomic mass is 9.83. The maximum atomic E-state index is 12.0. The fourth-order valence-electron chi connectivity index (χ4n) is 1.97. The van der Waals surface area contributed by atoms with Crippen molar-refractivity contribution in [2.24, 2.45) is 5.41 Å². The van der Waals surface area contributed by atoms with Gasteiger partial charge in [-0.15, -0.1) is 6.58 Å². The van der Waals surface area contributed by atoms with Gasteiger partial charge in [-0.2, -0.15) is 0 Å². The molecule has 0 saturated carbocycles. The van der Waals surface area contributed by atoms with Gasteiger partial charge in [-0.05, 0) is 37.3 Å². The first-order chi connectivity index (χ1) is 8.92. The molecule has 0 aliphatic carbocycles. The van der Waals surface area contributed by atoms with Crippen LogP contribution in [-0.4, -0.2) is 12.6 Å². The number of benzene rings is 1. The Morgan fingerprint density at radius 3 is 2.37 bits per heavy atom. The average Bonchev–Trinajstić information content (AvgIpc) is 2.39. The summed E-state index contributed by atoms with van der Waals surface area (Å²) in [5.74, 6) is 0.308. The smallest absolute Gasteiger partial charge is 0.315 e. The van der Waals surface area contributed by atoms with Crippen molar-refractivity contribution in [3.05, 3.63) is 48.0 Å². The van der Waals surface area contributed by atoms with Gasteiger partial charge < -0.3 is 4.74 Å². The summed E-state index contributed by atoms with van der Waals surface area (Å²) in [5.41, 5.74) is 1.77. The van der Waals surface area contributed by atoms with Crippen LogP contribution in [-0.2, 0) is 16.0 Å². The van der Waals surface area contributed by atoms with Crippen LogP contribution in [0.25, 0.3) is 0 Å².